The summed E-state index contributed by atoms with van der Waals surface area (Å²) in [7, 11) is 0. The van der Waals surface area contributed by atoms with Crippen molar-refractivity contribution in [2.45, 2.75) is 97.2 Å². The van der Waals surface area contributed by atoms with Crippen molar-refractivity contribution in [2.75, 3.05) is 31.1 Å². The Morgan fingerprint density at radius 3 is 2.64 bits per heavy atom. The lowest BCUT2D eigenvalue weighted by Crippen LogP contribution is -2.65. The van der Waals surface area contributed by atoms with Gasteiger partial charge in [-0.2, -0.15) is 0 Å². The van der Waals surface area contributed by atoms with E-state index in [-0.39, 0.29) is 23.4 Å². The Morgan fingerprint density at radius 2 is 1.94 bits per heavy atom. The summed E-state index contributed by atoms with van der Waals surface area (Å²) in [6.07, 6.45) is 6.20. The van der Waals surface area contributed by atoms with Crippen LogP contribution in [0.2, 0.25) is 0 Å². The minimum Gasteiger partial charge on any atom is -0.444 e. The average molecular weight is 648 g/mol. The number of aromatic nitrogens is 4. The van der Waals surface area contributed by atoms with Gasteiger partial charge in [-0.1, -0.05) is 19.0 Å². The van der Waals surface area contributed by atoms with Crippen LogP contribution in [-0.2, 0) is 4.74 Å². The van der Waals surface area contributed by atoms with E-state index in [9.17, 15) is 9.18 Å². The molecule has 0 radical (unpaired) electrons. The van der Waals surface area contributed by atoms with Crippen molar-refractivity contribution in [3.05, 3.63) is 41.8 Å². The standard InChI is InChI=1S/C35H46FN7O4/c1-20(2)29(23-13-25(14-23)39-33(44)46-34(4,5)6)43-17-35(18-43)11-12-42(16-35)31-32(40-38-19-37-31)45-27-10-9-24(36)15-26(27)28-21(3)41-47-30(28)22-7-8-22/h9-10,15,19-20,22-23,25,29H,7-8,11-14,16-18H2,1-6H3,(H,39,44)/t23?,25?,29-/m1/s1. The highest BCUT2D eigenvalue weighted by Crippen LogP contribution is 2.49. The molecule has 2 saturated heterocycles. The van der Waals surface area contributed by atoms with Gasteiger partial charge in [-0.25, -0.2) is 14.2 Å². The van der Waals surface area contributed by atoms with Gasteiger partial charge in [0.05, 0.1) is 11.3 Å². The van der Waals surface area contributed by atoms with Crippen LogP contribution in [0.4, 0.5) is 15.0 Å². The fourth-order valence-electron chi connectivity index (χ4n) is 7.97. The molecule has 2 aliphatic heterocycles. The number of halogens is 1. The molecule has 4 heterocycles. The predicted molar refractivity (Wildman–Crippen MR) is 174 cm³/mol. The molecule has 2 saturated carbocycles. The van der Waals surface area contributed by atoms with E-state index in [0.29, 0.717) is 52.5 Å². The molecule has 1 N–H and O–H groups in total. The molecular weight excluding hydrogens is 601 g/mol. The largest absolute Gasteiger partial charge is 0.444 e. The normalized spacial score (nSPS) is 23.0. The number of hydrogen-bond donors (Lipinski definition) is 1. The molecule has 0 bridgehead atoms. The lowest BCUT2D eigenvalue weighted by molar-refractivity contribution is -0.0691. The van der Waals surface area contributed by atoms with Gasteiger partial charge < -0.3 is 24.2 Å². The number of ether oxygens (including phenoxy) is 2. The first-order chi connectivity index (χ1) is 22.4. The minimum atomic E-state index is -0.496. The summed E-state index contributed by atoms with van der Waals surface area (Å²) in [6, 6.07) is 5.14. The van der Waals surface area contributed by atoms with Crippen LogP contribution >= 0.6 is 0 Å². The van der Waals surface area contributed by atoms with E-state index in [2.05, 4.69) is 49.3 Å². The topological polar surface area (TPSA) is 119 Å². The lowest BCUT2D eigenvalue weighted by Gasteiger charge is -2.56. The number of alkyl carbamates (subject to hydrolysis) is 1. The van der Waals surface area contributed by atoms with Crippen LogP contribution in [0, 0.1) is 30.0 Å². The Balaban J connectivity index is 1.01. The van der Waals surface area contributed by atoms with Crippen molar-refractivity contribution in [3.8, 4) is 22.8 Å². The van der Waals surface area contributed by atoms with Crippen molar-refractivity contribution < 1.29 is 23.2 Å². The maximum atomic E-state index is 14.6. The van der Waals surface area contributed by atoms with Crippen LogP contribution < -0.4 is 15.0 Å². The third kappa shape index (κ3) is 6.53. The first-order valence-corrected chi connectivity index (χ1v) is 17.0. The van der Waals surface area contributed by atoms with Gasteiger partial charge in [-0.05, 0) is 89.8 Å². The maximum Gasteiger partial charge on any atom is 0.407 e. The number of likely N-dealkylation sites (tertiary alicyclic amines) is 1. The quantitative estimate of drug-likeness (QED) is 0.276. The highest BCUT2D eigenvalue weighted by molar-refractivity contribution is 5.75. The second-order valence-corrected chi connectivity index (χ2v) is 15.5. The Bertz CT molecular complexity index is 1620. The van der Waals surface area contributed by atoms with E-state index < -0.39 is 5.60 Å². The first kappa shape index (κ1) is 31.8. The number of hydrogen-bond acceptors (Lipinski definition) is 10. The van der Waals surface area contributed by atoms with Crippen molar-refractivity contribution in [3.63, 3.8) is 0 Å². The average Bonchev–Trinajstić information content (AvgIpc) is 3.59. The van der Waals surface area contributed by atoms with Crippen molar-refractivity contribution >= 4 is 11.9 Å². The third-order valence-corrected chi connectivity index (χ3v) is 10.1. The molecule has 12 heteroatoms. The number of aryl methyl sites for hydroxylation is 1. The van der Waals surface area contributed by atoms with E-state index in [1.165, 1.54) is 18.5 Å². The van der Waals surface area contributed by atoms with Crippen LogP contribution in [0.15, 0.2) is 29.0 Å². The number of benzene rings is 1. The molecule has 1 atom stereocenters. The summed E-state index contributed by atoms with van der Waals surface area (Å²) in [5.74, 6) is 3.19. The van der Waals surface area contributed by atoms with Crippen LogP contribution in [0.25, 0.3) is 11.1 Å². The second-order valence-electron chi connectivity index (χ2n) is 15.5. The number of nitrogens with zero attached hydrogens (tertiary/aromatic N) is 6. The molecule has 252 valence electrons. The number of rotatable bonds is 9. The smallest absolute Gasteiger partial charge is 0.407 e. The summed E-state index contributed by atoms with van der Waals surface area (Å²) in [6.45, 7) is 15.9. The minimum absolute atomic E-state index is 0.174. The second kappa shape index (κ2) is 12.0. The Hall–Kier alpha value is -3.80. The van der Waals surface area contributed by atoms with Gasteiger partial charge in [-0.3, -0.25) is 4.90 Å². The van der Waals surface area contributed by atoms with Gasteiger partial charge in [0.15, 0.2) is 5.82 Å². The molecule has 3 aromatic rings. The van der Waals surface area contributed by atoms with Crippen LogP contribution in [-0.4, -0.2) is 75.2 Å². The van der Waals surface area contributed by atoms with Crippen LogP contribution in [0.3, 0.4) is 0 Å². The molecule has 0 unspecified atom stereocenters. The SMILES string of the molecule is Cc1noc(C2CC2)c1-c1cc(F)ccc1Oc1nncnc1N1CCC2(C1)CN([C@H](C(C)C)C1CC(NC(=O)OC(C)(C)C)C1)C2. The zero-order valence-electron chi connectivity index (χ0n) is 28.3. The van der Waals surface area contributed by atoms with Crippen LogP contribution in [0.1, 0.15) is 84.1 Å². The molecule has 1 amide bonds. The fraction of sp³-hybridized carbons (Fsp3) is 0.629. The van der Waals surface area contributed by atoms with Crippen LogP contribution in [0.5, 0.6) is 11.6 Å². The Morgan fingerprint density at radius 1 is 1.17 bits per heavy atom. The van der Waals surface area contributed by atoms with Crippen molar-refractivity contribution in [2.24, 2.45) is 17.3 Å². The zero-order chi connectivity index (χ0) is 33.1. The zero-order valence-corrected chi connectivity index (χ0v) is 28.3. The summed E-state index contributed by atoms with van der Waals surface area (Å²) in [5, 5.41) is 15.6. The number of carbonyl (C=O) groups excluding carboxylic acids is 1. The fourth-order valence-corrected chi connectivity index (χ4v) is 7.97. The molecule has 1 spiro atoms. The van der Waals surface area contributed by atoms with E-state index in [1.807, 2.05) is 27.7 Å². The van der Waals surface area contributed by atoms with E-state index in [0.717, 1.165) is 69.6 Å². The summed E-state index contributed by atoms with van der Waals surface area (Å²) in [4.78, 5) is 21.8. The summed E-state index contributed by atoms with van der Waals surface area (Å²) < 4.78 is 32.1. The number of nitrogens with one attached hydrogen (secondary N) is 1. The number of carbonyl (C=O) groups is 1. The molecule has 4 fully saturated rings. The predicted octanol–water partition coefficient (Wildman–Crippen LogP) is 6.48. The Labute approximate surface area is 275 Å². The summed E-state index contributed by atoms with van der Waals surface area (Å²) in [5.41, 5.74) is 1.76. The van der Waals surface area contributed by atoms with Gasteiger partial charge in [0.1, 0.15) is 29.3 Å². The highest BCUT2D eigenvalue weighted by Gasteiger charge is 2.53. The highest BCUT2D eigenvalue weighted by atomic mass is 19.1. The molecule has 1 aromatic carbocycles. The molecule has 7 rings (SSSR count). The number of anilines is 1. The first-order valence-electron chi connectivity index (χ1n) is 17.0. The number of amides is 1. The summed E-state index contributed by atoms with van der Waals surface area (Å²) >= 11 is 0. The monoisotopic (exact) mass is 647 g/mol. The lowest BCUT2D eigenvalue weighted by atomic mass is 9.68. The Kier molecular flexibility index (Phi) is 8.13. The van der Waals surface area contributed by atoms with E-state index in [1.54, 1.807) is 6.07 Å². The van der Waals surface area contributed by atoms with Gasteiger partial charge in [0.2, 0.25) is 0 Å². The van der Waals surface area contributed by atoms with E-state index in [4.69, 9.17) is 14.0 Å². The van der Waals surface area contributed by atoms with Gasteiger partial charge in [0.25, 0.3) is 5.88 Å². The van der Waals surface area contributed by atoms with E-state index >= 15 is 0 Å². The maximum absolute atomic E-state index is 14.6. The van der Waals surface area contributed by atoms with Crippen molar-refractivity contribution in [1.29, 1.82) is 0 Å². The van der Waals surface area contributed by atoms with Gasteiger partial charge in [-0.15, -0.1) is 10.2 Å². The molecule has 11 nitrogen and oxygen atoms in total. The molecule has 47 heavy (non-hydrogen) atoms. The third-order valence-electron chi connectivity index (χ3n) is 10.1. The molecule has 4 aliphatic rings. The van der Waals surface area contributed by atoms with Gasteiger partial charge >= 0.3 is 6.09 Å². The van der Waals surface area contributed by atoms with Crippen molar-refractivity contribution in [1.82, 2.24) is 30.6 Å². The van der Waals surface area contributed by atoms with Gasteiger partial charge in [0, 0.05) is 55.2 Å². The molecule has 2 aromatic heterocycles. The molecule has 2 aliphatic carbocycles. The molecular formula is C35H46FN7O4.